The van der Waals surface area contributed by atoms with Gasteiger partial charge in [0.25, 0.3) is 0 Å². The molecule has 96 valence electrons. The van der Waals surface area contributed by atoms with Crippen LogP contribution in [0, 0.1) is 0 Å². The van der Waals surface area contributed by atoms with E-state index in [0.717, 1.165) is 13.3 Å². The van der Waals surface area contributed by atoms with Gasteiger partial charge in [0.2, 0.25) is 0 Å². The Morgan fingerprint density at radius 1 is 1.12 bits per heavy atom. The first-order valence-corrected chi connectivity index (χ1v) is 5.22. The molecule has 0 unspecified atom stereocenters. The molecule has 0 fully saturated rings. The highest BCUT2D eigenvalue weighted by molar-refractivity contribution is 6.01. The topological polar surface area (TPSA) is 101 Å². The number of carbonyl (C=O) groups excluding carboxylic acids is 1. The molecule has 0 aromatic heterocycles. The number of hydrogen-bond acceptors (Lipinski definition) is 4. The van der Waals surface area contributed by atoms with Gasteiger partial charge in [-0.3, -0.25) is 4.79 Å². The van der Waals surface area contributed by atoms with Crippen LogP contribution in [0.15, 0.2) is 11.1 Å². The Balaban J connectivity index is 4.58. The van der Waals surface area contributed by atoms with E-state index in [4.69, 9.17) is 14.9 Å². The minimum Gasteiger partial charge on any atom is -0.478 e. The van der Waals surface area contributed by atoms with Crippen molar-refractivity contribution in [1.82, 2.24) is 0 Å². The Morgan fingerprint density at radius 3 is 2.12 bits per heavy atom. The zero-order chi connectivity index (χ0) is 13.4. The van der Waals surface area contributed by atoms with Crippen LogP contribution in [0.4, 0.5) is 0 Å². The van der Waals surface area contributed by atoms with E-state index >= 15 is 0 Å². The second-order valence-electron chi connectivity index (χ2n) is 3.46. The van der Waals surface area contributed by atoms with Crippen LogP contribution in [-0.4, -0.2) is 34.7 Å². The summed E-state index contributed by atoms with van der Waals surface area (Å²) in [5.74, 6) is -3.50. The number of esters is 1. The molecule has 0 spiro atoms. The van der Waals surface area contributed by atoms with Crippen molar-refractivity contribution >= 4 is 17.9 Å². The second-order valence-corrected chi connectivity index (χ2v) is 3.46. The average molecular weight is 244 g/mol. The van der Waals surface area contributed by atoms with Gasteiger partial charge in [-0.2, -0.15) is 0 Å². The van der Waals surface area contributed by atoms with Crippen LogP contribution in [0.1, 0.15) is 33.1 Å². The highest BCUT2D eigenvalue weighted by atomic mass is 16.5. The SMILES string of the molecule is CCCCOC(=O)CC(C(=O)O)=C(C)C(=O)O. The molecule has 0 rings (SSSR count). The van der Waals surface area contributed by atoms with E-state index in [-0.39, 0.29) is 12.2 Å². The van der Waals surface area contributed by atoms with Gasteiger partial charge in [0.15, 0.2) is 0 Å². The number of carboxylic acid groups (broad SMARTS) is 2. The van der Waals surface area contributed by atoms with Crippen molar-refractivity contribution in [2.45, 2.75) is 33.1 Å². The molecule has 0 aliphatic carbocycles. The molecule has 0 aromatic rings. The Bertz CT molecular complexity index is 342. The molecule has 0 radical (unpaired) electrons. The van der Waals surface area contributed by atoms with Crippen LogP contribution in [0.2, 0.25) is 0 Å². The predicted octanol–water partition coefficient (Wildman–Crippen LogP) is 1.21. The molecular formula is C11H16O6. The third kappa shape index (κ3) is 5.70. The maximum absolute atomic E-state index is 11.2. The molecular weight excluding hydrogens is 228 g/mol. The molecule has 2 N–H and O–H groups in total. The quantitative estimate of drug-likeness (QED) is 0.396. The zero-order valence-corrected chi connectivity index (χ0v) is 9.86. The van der Waals surface area contributed by atoms with Gasteiger partial charge in [0, 0.05) is 5.57 Å². The molecule has 0 saturated carbocycles. The van der Waals surface area contributed by atoms with Crippen LogP contribution in [0.5, 0.6) is 0 Å². The van der Waals surface area contributed by atoms with Crippen molar-refractivity contribution in [3.63, 3.8) is 0 Å². The van der Waals surface area contributed by atoms with Crippen molar-refractivity contribution in [3.05, 3.63) is 11.1 Å². The van der Waals surface area contributed by atoms with Crippen molar-refractivity contribution in [2.75, 3.05) is 6.61 Å². The summed E-state index contributed by atoms with van der Waals surface area (Å²) in [6.45, 7) is 3.28. The highest BCUT2D eigenvalue weighted by Crippen LogP contribution is 2.11. The van der Waals surface area contributed by atoms with Crippen LogP contribution in [0.3, 0.4) is 0 Å². The van der Waals surface area contributed by atoms with Gasteiger partial charge in [-0.1, -0.05) is 13.3 Å². The van der Waals surface area contributed by atoms with Crippen LogP contribution >= 0.6 is 0 Å². The molecule has 0 amide bonds. The highest BCUT2D eigenvalue weighted by Gasteiger charge is 2.20. The van der Waals surface area contributed by atoms with Crippen LogP contribution in [-0.2, 0) is 19.1 Å². The van der Waals surface area contributed by atoms with E-state index in [1.165, 1.54) is 0 Å². The van der Waals surface area contributed by atoms with Gasteiger partial charge >= 0.3 is 17.9 Å². The van der Waals surface area contributed by atoms with Gasteiger partial charge < -0.3 is 14.9 Å². The predicted molar refractivity (Wildman–Crippen MR) is 58.5 cm³/mol. The minimum absolute atomic E-state index is 0.217. The number of rotatable bonds is 7. The molecule has 0 bridgehead atoms. The third-order valence-corrected chi connectivity index (χ3v) is 2.11. The first kappa shape index (κ1) is 15.2. The number of aliphatic carboxylic acids is 2. The summed E-state index contributed by atoms with van der Waals surface area (Å²) in [5.41, 5.74) is -0.802. The molecule has 6 nitrogen and oxygen atoms in total. The first-order chi connectivity index (χ1) is 7.90. The van der Waals surface area contributed by atoms with Gasteiger partial charge in [-0.25, -0.2) is 9.59 Å². The lowest BCUT2D eigenvalue weighted by molar-refractivity contribution is -0.145. The van der Waals surface area contributed by atoms with E-state index in [9.17, 15) is 14.4 Å². The smallest absolute Gasteiger partial charge is 0.332 e. The molecule has 0 saturated heterocycles. The fourth-order valence-corrected chi connectivity index (χ4v) is 1.02. The second kappa shape index (κ2) is 7.43. The van der Waals surface area contributed by atoms with E-state index in [2.05, 4.69) is 0 Å². The maximum Gasteiger partial charge on any atom is 0.332 e. The van der Waals surface area contributed by atoms with Gasteiger partial charge in [-0.15, -0.1) is 0 Å². The van der Waals surface area contributed by atoms with Crippen molar-refractivity contribution < 1.29 is 29.3 Å². The zero-order valence-electron chi connectivity index (χ0n) is 9.86. The van der Waals surface area contributed by atoms with E-state index in [0.29, 0.717) is 6.42 Å². The lowest BCUT2D eigenvalue weighted by Gasteiger charge is -2.06. The van der Waals surface area contributed by atoms with Gasteiger partial charge in [-0.05, 0) is 13.3 Å². The van der Waals surface area contributed by atoms with E-state index in [1.807, 2.05) is 6.92 Å². The summed E-state index contributed by atoms with van der Waals surface area (Å²) in [6, 6.07) is 0. The standard InChI is InChI=1S/C11H16O6/c1-3-4-5-17-9(12)6-8(11(15)16)7(2)10(13)14/h3-6H2,1-2H3,(H,13,14)(H,15,16). The van der Waals surface area contributed by atoms with E-state index in [1.54, 1.807) is 0 Å². The number of carbonyl (C=O) groups is 3. The molecule has 0 aliphatic heterocycles. The molecule has 0 atom stereocenters. The maximum atomic E-state index is 11.2. The number of ether oxygens (including phenoxy) is 1. The molecule has 17 heavy (non-hydrogen) atoms. The summed E-state index contributed by atoms with van der Waals surface area (Å²) < 4.78 is 4.76. The number of carboxylic acids is 2. The molecule has 0 aromatic carbocycles. The summed E-state index contributed by atoms with van der Waals surface area (Å²) >= 11 is 0. The number of unbranched alkanes of at least 4 members (excludes halogenated alkanes) is 1. The van der Waals surface area contributed by atoms with E-state index < -0.39 is 29.9 Å². The molecule has 0 aliphatic rings. The fraction of sp³-hybridized carbons (Fsp3) is 0.545. The average Bonchev–Trinajstić information content (AvgIpc) is 2.24. The monoisotopic (exact) mass is 244 g/mol. The lowest BCUT2D eigenvalue weighted by Crippen LogP contribution is -2.15. The van der Waals surface area contributed by atoms with Gasteiger partial charge in [0.05, 0.1) is 18.6 Å². The third-order valence-electron chi connectivity index (χ3n) is 2.11. The lowest BCUT2D eigenvalue weighted by atomic mass is 10.1. The fourth-order valence-electron chi connectivity index (χ4n) is 1.02. The Kier molecular flexibility index (Phi) is 6.62. The Labute approximate surface area is 98.9 Å². The summed E-state index contributed by atoms with van der Waals surface area (Å²) in [6.07, 6.45) is 1.01. The summed E-state index contributed by atoms with van der Waals surface area (Å²) in [7, 11) is 0. The van der Waals surface area contributed by atoms with Crippen LogP contribution < -0.4 is 0 Å². The Morgan fingerprint density at radius 2 is 1.71 bits per heavy atom. The molecule has 0 heterocycles. The minimum atomic E-state index is -1.42. The Hall–Kier alpha value is -1.85. The summed E-state index contributed by atoms with van der Waals surface area (Å²) in [4.78, 5) is 32.6. The summed E-state index contributed by atoms with van der Waals surface area (Å²) in [5, 5.41) is 17.4. The van der Waals surface area contributed by atoms with Crippen molar-refractivity contribution in [3.8, 4) is 0 Å². The van der Waals surface area contributed by atoms with Crippen molar-refractivity contribution in [2.24, 2.45) is 0 Å². The van der Waals surface area contributed by atoms with Crippen LogP contribution in [0.25, 0.3) is 0 Å². The first-order valence-electron chi connectivity index (χ1n) is 5.22. The largest absolute Gasteiger partial charge is 0.478 e. The molecule has 6 heteroatoms. The van der Waals surface area contributed by atoms with Gasteiger partial charge in [0.1, 0.15) is 0 Å². The number of hydrogen-bond donors (Lipinski definition) is 2. The normalized spacial score (nSPS) is 11.6. The van der Waals surface area contributed by atoms with Crippen molar-refractivity contribution in [1.29, 1.82) is 0 Å².